The van der Waals surface area contributed by atoms with Gasteiger partial charge in [0, 0.05) is 30.9 Å². The van der Waals surface area contributed by atoms with Crippen LogP contribution in [0.4, 0.5) is 11.6 Å². The van der Waals surface area contributed by atoms with Crippen molar-refractivity contribution in [3.63, 3.8) is 0 Å². The summed E-state index contributed by atoms with van der Waals surface area (Å²) >= 11 is 2.95. The molecule has 4 aromatic rings. The van der Waals surface area contributed by atoms with Crippen LogP contribution in [0.5, 0.6) is 0 Å². The Hall–Kier alpha value is -3.41. The average Bonchev–Trinajstić information content (AvgIpc) is 3.56. The number of fused-ring (bicyclic) bond motifs is 1. The molecule has 168 valence electrons. The first-order valence-electron chi connectivity index (χ1n) is 10.4. The van der Waals surface area contributed by atoms with Crippen LogP contribution in [0.2, 0.25) is 0 Å². The number of carbonyl (C=O) groups is 2. The Morgan fingerprint density at radius 2 is 2.09 bits per heavy atom. The van der Waals surface area contributed by atoms with Gasteiger partial charge in [-0.1, -0.05) is 6.07 Å². The second kappa shape index (κ2) is 9.22. The minimum atomic E-state index is -0.319. The third-order valence-electron chi connectivity index (χ3n) is 5.30. The van der Waals surface area contributed by atoms with E-state index in [9.17, 15) is 9.59 Å². The van der Waals surface area contributed by atoms with Crippen molar-refractivity contribution in [2.24, 2.45) is 5.73 Å². The summed E-state index contributed by atoms with van der Waals surface area (Å²) in [5.41, 5.74) is 6.94. The maximum atomic E-state index is 12.4. The molecule has 0 radical (unpaired) electrons. The fourth-order valence-corrected chi connectivity index (χ4v) is 5.22. The Bertz CT molecular complexity index is 1310. The van der Waals surface area contributed by atoms with Crippen LogP contribution in [-0.4, -0.2) is 57.3 Å². The molecule has 2 amide bonds. The zero-order chi connectivity index (χ0) is 22.8. The number of pyridine rings is 1. The van der Waals surface area contributed by atoms with Crippen LogP contribution >= 0.6 is 22.7 Å². The van der Waals surface area contributed by atoms with Crippen LogP contribution < -0.4 is 16.4 Å². The normalized spacial score (nSPS) is 16.2. The monoisotopic (exact) mass is 479 g/mol. The third kappa shape index (κ3) is 4.85. The van der Waals surface area contributed by atoms with E-state index in [1.54, 1.807) is 29.7 Å². The smallest absolute Gasteiger partial charge is 0.266 e. The van der Waals surface area contributed by atoms with E-state index in [1.807, 2.05) is 33.9 Å². The molecule has 1 saturated heterocycles. The maximum Gasteiger partial charge on any atom is 0.266 e. The predicted molar refractivity (Wildman–Crippen MR) is 131 cm³/mol. The molecule has 5 rings (SSSR count). The molecule has 0 aromatic carbocycles. The summed E-state index contributed by atoms with van der Waals surface area (Å²) in [6, 6.07) is 9.32. The number of anilines is 2. The molecule has 0 bridgehead atoms. The molecule has 0 spiro atoms. The van der Waals surface area contributed by atoms with E-state index >= 15 is 0 Å². The van der Waals surface area contributed by atoms with Gasteiger partial charge >= 0.3 is 0 Å². The summed E-state index contributed by atoms with van der Waals surface area (Å²) < 4.78 is 0.979. The van der Waals surface area contributed by atoms with Gasteiger partial charge < -0.3 is 16.4 Å². The third-order valence-corrected chi connectivity index (χ3v) is 7.08. The highest BCUT2D eigenvalue weighted by atomic mass is 32.1. The Morgan fingerprint density at radius 1 is 1.18 bits per heavy atom. The first-order chi connectivity index (χ1) is 16.0. The summed E-state index contributed by atoms with van der Waals surface area (Å²) in [4.78, 5) is 40.1. The number of nitrogens with one attached hydrogen (secondary N) is 2. The number of aromatic nitrogens is 3. The Morgan fingerprint density at radius 3 is 2.91 bits per heavy atom. The molecule has 33 heavy (non-hydrogen) atoms. The molecule has 11 heteroatoms. The lowest BCUT2D eigenvalue weighted by molar-refractivity contribution is -0.118. The number of likely N-dealkylation sites (tertiary alicyclic amines) is 1. The highest BCUT2D eigenvalue weighted by Gasteiger charge is 2.25. The van der Waals surface area contributed by atoms with E-state index in [2.05, 4.69) is 15.6 Å². The lowest BCUT2D eigenvalue weighted by Gasteiger charge is -2.16. The van der Waals surface area contributed by atoms with Crippen molar-refractivity contribution in [1.82, 2.24) is 19.9 Å². The number of rotatable bonds is 7. The van der Waals surface area contributed by atoms with Crippen molar-refractivity contribution in [3.05, 3.63) is 52.2 Å². The summed E-state index contributed by atoms with van der Waals surface area (Å²) in [6.07, 6.45) is 2.53. The lowest BCUT2D eigenvalue weighted by atomic mass is 10.2. The van der Waals surface area contributed by atoms with Crippen LogP contribution in [0.1, 0.15) is 16.1 Å². The zero-order valence-electron chi connectivity index (χ0n) is 17.5. The molecule has 0 saturated carbocycles. The largest absolute Gasteiger partial charge is 0.369 e. The molecule has 1 aliphatic rings. The van der Waals surface area contributed by atoms with Crippen molar-refractivity contribution in [3.8, 4) is 11.4 Å². The number of thiophene rings is 2. The van der Waals surface area contributed by atoms with Crippen molar-refractivity contribution < 1.29 is 9.59 Å². The van der Waals surface area contributed by atoms with Crippen molar-refractivity contribution in [2.45, 2.75) is 12.5 Å². The molecule has 4 aromatic heterocycles. The van der Waals surface area contributed by atoms with Crippen LogP contribution in [0.25, 0.3) is 21.6 Å². The SMILES string of the molecule is NC(=O)CN1CC[C@@H](Nc2nc(-c3ccnc(NC(=O)c4cccs4)c3)nc3ccsc23)C1. The molecule has 0 aliphatic carbocycles. The van der Waals surface area contributed by atoms with Gasteiger partial charge in [0.05, 0.1) is 21.6 Å². The fraction of sp³-hybridized carbons (Fsp3) is 0.227. The van der Waals surface area contributed by atoms with Crippen LogP contribution in [-0.2, 0) is 4.79 Å². The van der Waals surface area contributed by atoms with Gasteiger partial charge in [0.15, 0.2) is 5.82 Å². The molecule has 1 atom stereocenters. The van der Waals surface area contributed by atoms with Gasteiger partial charge in [0.25, 0.3) is 5.91 Å². The van der Waals surface area contributed by atoms with Crippen LogP contribution in [0, 0.1) is 0 Å². The molecular formula is C22H21N7O2S2. The predicted octanol–water partition coefficient (Wildman–Crippen LogP) is 3.04. The highest BCUT2D eigenvalue weighted by molar-refractivity contribution is 7.17. The summed E-state index contributed by atoms with van der Waals surface area (Å²) in [6.45, 7) is 1.80. The standard InChI is InChI=1S/C22H21N7O2S2/c23-17(30)12-29-7-4-14(11-29)25-21-19-15(5-9-33-19)26-20(28-21)13-3-6-24-18(10-13)27-22(31)16-2-1-8-32-16/h1-3,5-6,8-10,14H,4,7,11-12H2,(H2,23,30)(H,24,27,31)(H,25,26,28)/t14-/m1/s1. The second-order valence-corrected chi connectivity index (χ2v) is 9.59. The van der Waals surface area contributed by atoms with E-state index in [0.29, 0.717) is 16.5 Å². The number of carbonyl (C=O) groups excluding carboxylic acids is 2. The summed E-state index contributed by atoms with van der Waals surface area (Å²) in [5, 5.41) is 10.2. The highest BCUT2D eigenvalue weighted by Crippen LogP contribution is 2.31. The number of hydrogen-bond donors (Lipinski definition) is 3. The van der Waals surface area contributed by atoms with Gasteiger partial charge in [0.1, 0.15) is 11.6 Å². The van der Waals surface area contributed by atoms with Crippen LogP contribution in [0.3, 0.4) is 0 Å². The Kier molecular flexibility index (Phi) is 5.99. The number of nitrogens with two attached hydrogens (primary N) is 1. The van der Waals surface area contributed by atoms with E-state index in [4.69, 9.17) is 15.7 Å². The number of amides is 2. The Balaban J connectivity index is 1.39. The zero-order valence-corrected chi connectivity index (χ0v) is 19.2. The summed E-state index contributed by atoms with van der Waals surface area (Å²) in [7, 11) is 0. The van der Waals surface area contributed by atoms with E-state index in [-0.39, 0.29) is 24.4 Å². The van der Waals surface area contributed by atoms with Gasteiger partial charge in [0.2, 0.25) is 5.91 Å². The quantitative estimate of drug-likeness (QED) is 0.372. The van der Waals surface area contributed by atoms with Gasteiger partial charge in [-0.05, 0) is 41.4 Å². The van der Waals surface area contributed by atoms with E-state index in [0.717, 1.165) is 41.1 Å². The number of nitrogens with zero attached hydrogens (tertiary/aromatic N) is 4. The number of hydrogen-bond acceptors (Lipinski definition) is 9. The van der Waals surface area contributed by atoms with Gasteiger partial charge in [-0.3, -0.25) is 14.5 Å². The summed E-state index contributed by atoms with van der Waals surface area (Å²) in [5.74, 6) is 1.22. The van der Waals surface area contributed by atoms with Gasteiger partial charge in [-0.2, -0.15) is 0 Å². The topological polar surface area (TPSA) is 126 Å². The molecule has 5 heterocycles. The van der Waals surface area contributed by atoms with Gasteiger partial charge in [-0.25, -0.2) is 15.0 Å². The second-order valence-electron chi connectivity index (χ2n) is 7.72. The first kappa shape index (κ1) is 21.4. The minimum Gasteiger partial charge on any atom is -0.369 e. The van der Waals surface area contributed by atoms with Crippen molar-refractivity contribution in [1.29, 1.82) is 0 Å². The van der Waals surface area contributed by atoms with Gasteiger partial charge in [-0.15, -0.1) is 22.7 Å². The van der Waals surface area contributed by atoms with E-state index in [1.165, 1.54) is 11.3 Å². The Labute approximate surface area is 197 Å². The average molecular weight is 480 g/mol. The van der Waals surface area contributed by atoms with E-state index < -0.39 is 0 Å². The maximum absolute atomic E-state index is 12.4. The minimum absolute atomic E-state index is 0.162. The lowest BCUT2D eigenvalue weighted by Crippen LogP contribution is -2.33. The molecule has 1 fully saturated rings. The van der Waals surface area contributed by atoms with Crippen LogP contribution in [0.15, 0.2) is 47.3 Å². The first-order valence-corrected chi connectivity index (χ1v) is 12.1. The van der Waals surface area contributed by atoms with Crippen molar-refractivity contribution in [2.75, 3.05) is 30.3 Å². The van der Waals surface area contributed by atoms with Crippen molar-refractivity contribution >= 4 is 56.3 Å². The molecule has 4 N–H and O–H groups in total. The molecule has 9 nitrogen and oxygen atoms in total. The number of primary amides is 1. The molecule has 0 unspecified atom stereocenters. The fourth-order valence-electron chi connectivity index (χ4n) is 3.82. The molecule has 1 aliphatic heterocycles. The molecular weight excluding hydrogens is 458 g/mol.